The quantitative estimate of drug-likeness (QED) is 0.722. The molecule has 10 heteroatoms. The predicted molar refractivity (Wildman–Crippen MR) is 93.4 cm³/mol. The van der Waals surface area contributed by atoms with E-state index in [0.29, 0.717) is 44.0 Å². The molecule has 2 heterocycles. The standard InChI is InChI=1S/C18H19F5N4O/c19-16(20)12-27-17(28)9-15(10-24-27)26-6-4-25(5-7-26)11-13-2-1-3-14(8-13)18(21,22)23/h1-3,8-10,16H,4-7,11-12H2. The zero-order valence-corrected chi connectivity index (χ0v) is 14.9. The minimum atomic E-state index is -4.37. The highest BCUT2D eigenvalue weighted by Gasteiger charge is 2.30. The minimum absolute atomic E-state index is 0.395. The van der Waals surface area contributed by atoms with Crippen molar-refractivity contribution in [1.29, 1.82) is 0 Å². The first-order valence-electron chi connectivity index (χ1n) is 8.71. The molecular weight excluding hydrogens is 383 g/mol. The van der Waals surface area contributed by atoms with E-state index in [1.807, 2.05) is 9.80 Å². The number of anilines is 1. The lowest BCUT2D eigenvalue weighted by Crippen LogP contribution is -2.46. The summed E-state index contributed by atoms with van der Waals surface area (Å²) in [4.78, 5) is 15.8. The summed E-state index contributed by atoms with van der Waals surface area (Å²) in [5.41, 5.74) is -0.128. The Bertz CT molecular complexity index is 860. The van der Waals surface area contributed by atoms with Gasteiger partial charge in [0.2, 0.25) is 0 Å². The molecule has 0 unspecified atom stereocenters. The Morgan fingerprint density at radius 1 is 1.07 bits per heavy atom. The van der Waals surface area contributed by atoms with Crippen molar-refractivity contribution in [3.8, 4) is 0 Å². The first kappa shape index (κ1) is 20.2. The van der Waals surface area contributed by atoms with Crippen LogP contribution < -0.4 is 10.5 Å². The van der Waals surface area contributed by atoms with Gasteiger partial charge in [-0.25, -0.2) is 13.5 Å². The van der Waals surface area contributed by atoms with E-state index in [-0.39, 0.29) is 0 Å². The second-order valence-electron chi connectivity index (χ2n) is 6.59. The number of rotatable bonds is 5. The number of hydrogen-bond donors (Lipinski definition) is 0. The van der Waals surface area contributed by atoms with Crippen molar-refractivity contribution in [3.05, 3.63) is 58.0 Å². The van der Waals surface area contributed by atoms with E-state index in [1.165, 1.54) is 18.3 Å². The van der Waals surface area contributed by atoms with Crippen molar-refractivity contribution in [2.75, 3.05) is 31.1 Å². The maximum Gasteiger partial charge on any atom is 0.416 e. The Morgan fingerprint density at radius 3 is 2.39 bits per heavy atom. The molecule has 28 heavy (non-hydrogen) atoms. The van der Waals surface area contributed by atoms with Crippen LogP contribution in [0.1, 0.15) is 11.1 Å². The van der Waals surface area contributed by atoms with Crippen LogP contribution >= 0.6 is 0 Å². The van der Waals surface area contributed by atoms with Crippen LogP contribution in [0, 0.1) is 0 Å². The molecule has 1 fully saturated rings. The molecule has 152 valence electrons. The van der Waals surface area contributed by atoms with Crippen LogP contribution in [0.15, 0.2) is 41.3 Å². The lowest BCUT2D eigenvalue weighted by atomic mass is 10.1. The predicted octanol–water partition coefficient (Wildman–Crippen LogP) is 2.85. The number of nitrogens with zero attached hydrogens (tertiary/aromatic N) is 4. The van der Waals surface area contributed by atoms with Gasteiger partial charge in [0, 0.05) is 38.8 Å². The van der Waals surface area contributed by atoms with Crippen LogP contribution in [0.5, 0.6) is 0 Å². The Kier molecular flexibility index (Phi) is 5.97. The molecule has 0 bridgehead atoms. The molecule has 0 spiro atoms. The molecule has 1 saturated heterocycles. The van der Waals surface area contributed by atoms with E-state index in [1.54, 1.807) is 6.07 Å². The molecule has 3 rings (SSSR count). The van der Waals surface area contributed by atoms with Crippen LogP contribution in [0.4, 0.5) is 27.6 Å². The van der Waals surface area contributed by atoms with E-state index >= 15 is 0 Å². The van der Waals surface area contributed by atoms with Crippen molar-refractivity contribution < 1.29 is 22.0 Å². The molecule has 2 aromatic rings. The fourth-order valence-corrected chi connectivity index (χ4v) is 3.13. The topological polar surface area (TPSA) is 41.4 Å². The second-order valence-corrected chi connectivity index (χ2v) is 6.59. The van der Waals surface area contributed by atoms with Crippen LogP contribution in [0.25, 0.3) is 0 Å². The number of alkyl halides is 5. The lowest BCUT2D eigenvalue weighted by molar-refractivity contribution is -0.137. The van der Waals surface area contributed by atoms with Gasteiger partial charge < -0.3 is 4.90 Å². The Hall–Kier alpha value is -2.49. The van der Waals surface area contributed by atoms with Gasteiger partial charge >= 0.3 is 6.18 Å². The van der Waals surface area contributed by atoms with Crippen molar-refractivity contribution in [2.45, 2.75) is 25.7 Å². The number of benzene rings is 1. The molecule has 0 saturated carbocycles. The SMILES string of the molecule is O=c1cc(N2CCN(Cc3cccc(C(F)(F)F)c3)CC2)cnn1CC(F)F. The smallest absolute Gasteiger partial charge is 0.368 e. The summed E-state index contributed by atoms with van der Waals surface area (Å²) in [6, 6.07) is 6.53. The molecular formula is C18H19F5N4O. The number of aromatic nitrogens is 2. The number of halogens is 5. The van der Waals surface area contributed by atoms with Gasteiger partial charge in [-0.1, -0.05) is 18.2 Å². The normalized spacial score (nSPS) is 16.0. The largest absolute Gasteiger partial charge is 0.416 e. The van der Waals surface area contributed by atoms with E-state index in [2.05, 4.69) is 5.10 Å². The summed E-state index contributed by atoms with van der Waals surface area (Å²) in [6.45, 7) is 1.94. The van der Waals surface area contributed by atoms with Crippen LogP contribution in [-0.4, -0.2) is 47.3 Å². The summed E-state index contributed by atoms with van der Waals surface area (Å²) in [7, 11) is 0. The zero-order chi connectivity index (χ0) is 20.3. The van der Waals surface area contributed by atoms with Gasteiger partial charge in [0.05, 0.1) is 17.4 Å². The van der Waals surface area contributed by atoms with Gasteiger partial charge in [-0.05, 0) is 11.6 Å². The van der Waals surface area contributed by atoms with Gasteiger partial charge in [-0.15, -0.1) is 0 Å². The molecule has 1 aliphatic rings. The summed E-state index contributed by atoms with van der Waals surface area (Å²) in [5, 5.41) is 3.78. The highest BCUT2D eigenvalue weighted by Crippen LogP contribution is 2.29. The van der Waals surface area contributed by atoms with Crippen molar-refractivity contribution in [2.24, 2.45) is 0 Å². The molecule has 0 amide bonds. The van der Waals surface area contributed by atoms with E-state index in [4.69, 9.17) is 0 Å². The minimum Gasteiger partial charge on any atom is -0.368 e. The van der Waals surface area contributed by atoms with Gasteiger partial charge in [0.15, 0.2) is 0 Å². The lowest BCUT2D eigenvalue weighted by Gasteiger charge is -2.36. The number of hydrogen-bond acceptors (Lipinski definition) is 4. The van der Waals surface area contributed by atoms with Gasteiger partial charge in [-0.3, -0.25) is 9.69 Å². The maximum atomic E-state index is 12.8. The maximum absolute atomic E-state index is 12.8. The van der Waals surface area contributed by atoms with E-state index in [9.17, 15) is 26.7 Å². The number of piperazine rings is 1. The highest BCUT2D eigenvalue weighted by molar-refractivity contribution is 5.43. The van der Waals surface area contributed by atoms with Gasteiger partial charge in [0.1, 0.15) is 6.54 Å². The summed E-state index contributed by atoms with van der Waals surface area (Å²) < 4.78 is 64.0. The third-order valence-corrected chi connectivity index (χ3v) is 4.56. The highest BCUT2D eigenvalue weighted by atomic mass is 19.4. The van der Waals surface area contributed by atoms with Crippen molar-refractivity contribution in [3.63, 3.8) is 0 Å². The third-order valence-electron chi connectivity index (χ3n) is 4.56. The second kappa shape index (κ2) is 8.26. The van der Waals surface area contributed by atoms with Crippen LogP contribution in [0.2, 0.25) is 0 Å². The first-order chi connectivity index (χ1) is 13.2. The average Bonchev–Trinajstić information content (AvgIpc) is 2.63. The zero-order valence-electron chi connectivity index (χ0n) is 14.9. The Morgan fingerprint density at radius 2 is 1.79 bits per heavy atom. The summed E-state index contributed by atoms with van der Waals surface area (Å²) in [5.74, 6) is 0. The summed E-state index contributed by atoms with van der Waals surface area (Å²) in [6.07, 6.45) is -5.64. The average molecular weight is 402 g/mol. The molecule has 0 radical (unpaired) electrons. The third kappa shape index (κ3) is 5.06. The van der Waals surface area contributed by atoms with Crippen LogP contribution in [-0.2, 0) is 19.3 Å². The van der Waals surface area contributed by atoms with Crippen molar-refractivity contribution >= 4 is 5.69 Å². The molecule has 1 aliphatic heterocycles. The van der Waals surface area contributed by atoms with Gasteiger partial charge in [-0.2, -0.15) is 18.3 Å². The van der Waals surface area contributed by atoms with E-state index in [0.717, 1.165) is 16.8 Å². The molecule has 1 aromatic carbocycles. The fourth-order valence-electron chi connectivity index (χ4n) is 3.13. The monoisotopic (exact) mass is 402 g/mol. The fraction of sp³-hybridized carbons (Fsp3) is 0.444. The molecule has 1 aromatic heterocycles. The van der Waals surface area contributed by atoms with Gasteiger partial charge in [0.25, 0.3) is 12.0 Å². The molecule has 0 N–H and O–H groups in total. The first-order valence-corrected chi connectivity index (χ1v) is 8.71. The molecule has 5 nitrogen and oxygen atoms in total. The Labute approximate surface area is 158 Å². The Balaban J connectivity index is 1.59. The molecule has 0 aliphatic carbocycles. The summed E-state index contributed by atoms with van der Waals surface area (Å²) >= 11 is 0. The van der Waals surface area contributed by atoms with E-state index < -0.39 is 30.3 Å². The van der Waals surface area contributed by atoms with Crippen LogP contribution in [0.3, 0.4) is 0 Å². The van der Waals surface area contributed by atoms with Crippen molar-refractivity contribution in [1.82, 2.24) is 14.7 Å². The molecule has 0 atom stereocenters.